The van der Waals surface area contributed by atoms with Gasteiger partial charge in [-0.2, -0.15) is 0 Å². The first-order valence-electron chi connectivity index (χ1n) is 7.55. The molecule has 0 amide bonds. The van der Waals surface area contributed by atoms with Crippen molar-refractivity contribution >= 4 is 5.78 Å². The number of aromatic hydroxyl groups is 1. The maximum atomic E-state index is 13.0. The summed E-state index contributed by atoms with van der Waals surface area (Å²) in [5.74, 6) is 1.57. The molecule has 2 atom stereocenters. The number of carbonyl (C=O) groups is 1. The van der Waals surface area contributed by atoms with Crippen LogP contribution >= 0.6 is 0 Å². The number of Topliss-reactive ketones (excluding diaryl/α,β-unsaturated/α-hetero) is 1. The summed E-state index contributed by atoms with van der Waals surface area (Å²) in [6, 6.07) is 8.00. The van der Waals surface area contributed by atoms with E-state index in [0.29, 0.717) is 34.1 Å². The first-order chi connectivity index (χ1) is 11.6. The third-order valence-corrected chi connectivity index (χ3v) is 4.42. The van der Waals surface area contributed by atoms with Crippen LogP contribution in [-0.4, -0.2) is 37.8 Å². The van der Waals surface area contributed by atoms with Gasteiger partial charge in [0, 0.05) is 17.7 Å². The first-order valence-corrected chi connectivity index (χ1v) is 7.55. The molecule has 0 unspecified atom stereocenters. The number of carbonyl (C=O) groups excluding carboxylic acids is 1. The molecule has 4 rings (SSSR count). The van der Waals surface area contributed by atoms with Crippen molar-refractivity contribution in [2.45, 2.75) is 12.0 Å². The zero-order valence-electron chi connectivity index (χ0n) is 13.2. The van der Waals surface area contributed by atoms with Gasteiger partial charge < -0.3 is 24.1 Å². The highest BCUT2D eigenvalue weighted by molar-refractivity contribution is 6.05. The van der Waals surface area contributed by atoms with Crippen molar-refractivity contribution in [3.05, 3.63) is 41.5 Å². The summed E-state index contributed by atoms with van der Waals surface area (Å²) in [6.45, 7) is 0.244. The molecule has 6 nitrogen and oxygen atoms in total. The third kappa shape index (κ3) is 2.06. The molecule has 1 N–H and O–H groups in total. The molecule has 2 aliphatic rings. The fraction of sp³-hybridized carbons (Fsp3) is 0.278. The minimum absolute atomic E-state index is 0.0574. The van der Waals surface area contributed by atoms with E-state index in [-0.39, 0.29) is 18.1 Å². The lowest BCUT2D eigenvalue weighted by Crippen LogP contribution is -2.42. The molecule has 0 fully saturated rings. The average Bonchev–Trinajstić information content (AvgIpc) is 2.59. The van der Waals surface area contributed by atoms with Gasteiger partial charge in [0.15, 0.2) is 17.3 Å². The van der Waals surface area contributed by atoms with Gasteiger partial charge in [0.1, 0.15) is 30.0 Å². The SMILES string of the molecule is COc1cc2c(cc1OC)[C@@H]1C(=O)c3ccc(O)cc3O[C@@H]1CO2. The van der Waals surface area contributed by atoms with Gasteiger partial charge in [0.25, 0.3) is 0 Å². The average molecular weight is 328 g/mol. The summed E-state index contributed by atoms with van der Waals surface area (Å²) in [5.41, 5.74) is 1.17. The number of hydrogen-bond acceptors (Lipinski definition) is 6. The number of methoxy groups -OCH3 is 2. The van der Waals surface area contributed by atoms with Crippen LogP contribution in [0.2, 0.25) is 0 Å². The molecule has 24 heavy (non-hydrogen) atoms. The largest absolute Gasteiger partial charge is 0.508 e. The Morgan fingerprint density at radius 1 is 1.08 bits per heavy atom. The second-order valence-corrected chi connectivity index (χ2v) is 5.73. The maximum Gasteiger partial charge on any atom is 0.178 e. The topological polar surface area (TPSA) is 74.2 Å². The van der Waals surface area contributed by atoms with Gasteiger partial charge in [-0.15, -0.1) is 0 Å². The Bertz CT molecular complexity index is 828. The molecule has 2 heterocycles. The fourth-order valence-corrected chi connectivity index (χ4v) is 3.27. The van der Waals surface area contributed by atoms with Gasteiger partial charge in [-0.1, -0.05) is 0 Å². The Morgan fingerprint density at radius 3 is 2.58 bits per heavy atom. The minimum atomic E-state index is -0.481. The molecule has 0 bridgehead atoms. The summed E-state index contributed by atoms with van der Waals surface area (Å²) >= 11 is 0. The molecule has 0 aromatic heterocycles. The summed E-state index contributed by atoms with van der Waals surface area (Å²) in [4.78, 5) is 13.0. The van der Waals surface area contributed by atoms with Crippen molar-refractivity contribution in [1.29, 1.82) is 0 Å². The van der Waals surface area contributed by atoms with Crippen LogP contribution in [0.1, 0.15) is 21.8 Å². The van der Waals surface area contributed by atoms with Crippen LogP contribution < -0.4 is 18.9 Å². The predicted octanol–water partition coefficient (Wildman–Crippen LogP) is 2.53. The minimum Gasteiger partial charge on any atom is -0.508 e. The van der Waals surface area contributed by atoms with Crippen LogP contribution in [0.4, 0.5) is 0 Å². The second kappa shape index (κ2) is 5.33. The van der Waals surface area contributed by atoms with Crippen molar-refractivity contribution in [2.24, 2.45) is 0 Å². The van der Waals surface area contributed by atoms with E-state index in [1.54, 1.807) is 32.4 Å². The zero-order chi connectivity index (χ0) is 16.8. The van der Waals surface area contributed by atoms with Gasteiger partial charge in [-0.3, -0.25) is 4.79 Å². The van der Waals surface area contributed by atoms with Crippen LogP contribution in [0.5, 0.6) is 28.7 Å². The van der Waals surface area contributed by atoms with Gasteiger partial charge in [-0.25, -0.2) is 0 Å². The van der Waals surface area contributed by atoms with Crippen molar-refractivity contribution in [3.8, 4) is 28.7 Å². The molecule has 0 saturated carbocycles. The molecule has 0 aliphatic carbocycles. The molecule has 6 heteroatoms. The number of phenols is 1. The summed E-state index contributed by atoms with van der Waals surface area (Å²) in [7, 11) is 3.09. The smallest absolute Gasteiger partial charge is 0.178 e. The highest BCUT2D eigenvalue weighted by Gasteiger charge is 2.43. The molecular weight excluding hydrogens is 312 g/mol. The monoisotopic (exact) mass is 328 g/mol. The van der Waals surface area contributed by atoms with E-state index in [1.165, 1.54) is 12.1 Å². The van der Waals surface area contributed by atoms with Crippen LogP contribution in [0, 0.1) is 0 Å². The van der Waals surface area contributed by atoms with Crippen molar-refractivity contribution in [2.75, 3.05) is 20.8 Å². The Labute approximate surface area is 138 Å². The zero-order valence-corrected chi connectivity index (χ0v) is 13.2. The summed E-state index contributed by atoms with van der Waals surface area (Å²) in [6.07, 6.45) is -0.447. The molecule has 0 spiro atoms. The Morgan fingerprint density at radius 2 is 1.83 bits per heavy atom. The van der Waals surface area contributed by atoms with Crippen molar-refractivity contribution < 1.29 is 28.8 Å². The number of rotatable bonds is 2. The molecule has 0 radical (unpaired) electrons. The molecule has 124 valence electrons. The number of fused-ring (bicyclic) bond motifs is 4. The fourth-order valence-electron chi connectivity index (χ4n) is 3.27. The first kappa shape index (κ1) is 14.7. The van der Waals surface area contributed by atoms with Crippen LogP contribution in [0.25, 0.3) is 0 Å². The lowest BCUT2D eigenvalue weighted by molar-refractivity contribution is 0.0557. The van der Waals surface area contributed by atoms with E-state index in [0.717, 1.165) is 0 Å². The van der Waals surface area contributed by atoms with Gasteiger partial charge in [0.2, 0.25) is 0 Å². The number of phenolic OH excluding ortho intramolecular Hbond substituents is 1. The third-order valence-electron chi connectivity index (χ3n) is 4.42. The molecule has 2 aromatic carbocycles. The van der Waals surface area contributed by atoms with E-state index in [1.807, 2.05) is 0 Å². The number of ether oxygens (including phenoxy) is 4. The van der Waals surface area contributed by atoms with Gasteiger partial charge in [0.05, 0.1) is 25.7 Å². The van der Waals surface area contributed by atoms with E-state index < -0.39 is 12.0 Å². The van der Waals surface area contributed by atoms with Crippen LogP contribution in [0.3, 0.4) is 0 Å². The quantitative estimate of drug-likeness (QED) is 0.913. The van der Waals surface area contributed by atoms with E-state index >= 15 is 0 Å². The van der Waals surface area contributed by atoms with E-state index in [9.17, 15) is 9.90 Å². The predicted molar refractivity (Wildman–Crippen MR) is 84.6 cm³/mol. The second-order valence-electron chi connectivity index (χ2n) is 5.73. The lowest BCUT2D eigenvalue weighted by atomic mass is 9.82. The Balaban J connectivity index is 1.83. The number of benzene rings is 2. The van der Waals surface area contributed by atoms with Gasteiger partial charge >= 0.3 is 0 Å². The van der Waals surface area contributed by atoms with E-state index in [2.05, 4.69) is 0 Å². The Hall–Kier alpha value is -2.89. The number of ketones is 1. The molecule has 2 aromatic rings. The highest BCUT2D eigenvalue weighted by Crippen LogP contribution is 2.46. The molecule has 0 saturated heterocycles. The van der Waals surface area contributed by atoms with Crippen molar-refractivity contribution in [3.63, 3.8) is 0 Å². The highest BCUT2D eigenvalue weighted by atomic mass is 16.5. The normalized spacial score (nSPS) is 20.8. The van der Waals surface area contributed by atoms with Crippen molar-refractivity contribution in [1.82, 2.24) is 0 Å². The molecular formula is C18H16O6. The van der Waals surface area contributed by atoms with E-state index in [4.69, 9.17) is 18.9 Å². The van der Waals surface area contributed by atoms with Crippen LogP contribution in [0.15, 0.2) is 30.3 Å². The summed E-state index contributed by atoms with van der Waals surface area (Å²) < 4.78 is 22.3. The Kier molecular flexibility index (Phi) is 3.26. The van der Waals surface area contributed by atoms with Crippen LogP contribution in [-0.2, 0) is 0 Å². The standard InChI is InChI=1S/C18H16O6/c1-21-14-6-11-12(7-15(14)22-2)23-8-16-17(11)18(20)10-4-3-9(19)5-13(10)24-16/h3-7,16-17,19H,8H2,1-2H3/t16-,17+/m1/s1. The maximum absolute atomic E-state index is 13.0. The lowest BCUT2D eigenvalue weighted by Gasteiger charge is -2.37. The molecule has 2 aliphatic heterocycles. The summed E-state index contributed by atoms with van der Waals surface area (Å²) in [5, 5.41) is 9.60. The number of hydrogen-bond donors (Lipinski definition) is 1. The van der Waals surface area contributed by atoms with Gasteiger partial charge in [-0.05, 0) is 18.2 Å².